The van der Waals surface area contributed by atoms with Crippen molar-refractivity contribution in [2.75, 3.05) is 0 Å². The Bertz CT molecular complexity index is 467. The molecular formula is C16H20N2. The smallest absolute Gasteiger partial charge is 0.0913 e. The lowest BCUT2D eigenvalue weighted by molar-refractivity contribution is 0.425. The van der Waals surface area contributed by atoms with Gasteiger partial charge in [0.25, 0.3) is 0 Å². The van der Waals surface area contributed by atoms with E-state index in [1.54, 1.807) is 0 Å². The summed E-state index contributed by atoms with van der Waals surface area (Å²) in [4.78, 5) is 4.63. The minimum absolute atomic E-state index is 0.104. The molecule has 0 aliphatic heterocycles. The number of nitrogens with two attached hydrogens (primary N) is 1. The molecule has 3 unspecified atom stereocenters. The van der Waals surface area contributed by atoms with E-state index in [1.807, 2.05) is 13.0 Å². The molecule has 2 N–H and O–H groups in total. The van der Waals surface area contributed by atoms with Crippen LogP contribution in [0.2, 0.25) is 0 Å². The van der Waals surface area contributed by atoms with Gasteiger partial charge in [0, 0.05) is 5.92 Å². The fraction of sp³-hybridized carbons (Fsp3) is 0.312. The van der Waals surface area contributed by atoms with Crippen LogP contribution in [0, 0.1) is 11.8 Å². The average molecular weight is 240 g/mol. The Kier molecular flexibility index (Phi) is 3.98. The maximum atomic E-state index is 5.79. The lowest BCUT2D eigenvalue weighted by Gasteiger charge is -2.27. The van der Waals surface area contributed by atoms with Gasteiger partial charge < -0.3 is 5.73 Å². The first-order valence-electron chi connectivity index (χ1n) is 6.38. The SMILES string of the molecule is CC(N)=NC(c1ccccc1)C1C=CC=CC1C. The average Bonchev–Trinajstić information content (AvgIpc) is 2.38. The first-order valence-corrected chi connectivity index (χ1v) is 6.38. The van der Waals surface area contributed by atoms with Crippen molar-refractivity contribution >= 4 is 5.84 Å². The molecule has 2 heteroatoms. The standard InChI is InChI=1S/C16H20N2/c1-12-8-6-7-11-15(12)16(18-13(2)17)14-9-4-3-5-10-14/h3-12,15-16H,1-2H3,(H2,17,18). The lowest BCUT2D eigenvalue weighted by Crippen LogP contribution is -2.20. The molecule has 0 spiro atoms. The highest BCUT2D eigenvalue weighted by atomic mass is 14.9. The largest absolute Gasteiger partial charge is 0.388 e. The molecule has 2 nitrogen and oxygen atoms in total. The molecule has 18 heavy (non-hydrogen) atoms. The first kappa shape index (κ1) is 12.6. The van der Waals surface area contributed by atoms with Crippen LogP contribution >= 0.6 is 0 Å². The fourth-order valence-corrected chi connectivity index (χ4v) is 2.38. The minimum atomic E-state index is 0.104. The van der Waals surface area contributed by atoms with Gasteiger partial charge in [-0.15, -0.1) is 0 Å². The molecule has 94 valence electrons. The highest BCUT2D eigenvalue weighted by molar-refractivity contribution is 5.77. The third-order valence-electron chi connectivity index (χ3n) is 3.31. The van der Waals surface area contributed by atoms with E-state index in [0.717, 1.165) is 0 Å². The Morgan fingerprint density at radius 1 is 1.17 bits per heavy atom. The molecule has 3 atom stereocenters. The molecule has 0 bridgehead atoms. The zero-order valence-electron chi connectivity index (χ0n) is 11.0. The zero-order valence-corrected chi connectivity index (χ0v) is 11.0. The van der Waals surface area contributed by atoms with Crippen LogP contribution in [0.25, 0.3) is 0 Å². The molecule has 0 fully saturated rings. The Morgan fingerprint density at radius 3 is 2.44 bits per heavy atom. The van der Waals surface area contributed by atoms with Crippen molar-refractivity contribution in [3.63, 3.8) is 0 Å². The molecule has 2 rings (SSSR count). The van der Waals surface area contributed by atoms with Crippen LogP contribution in [0.15, 0.2) is 59.6 Å². The second-order valence-electron chi connectivity index (χ2n) is 4.83. The molecule has 0 saturated carbocycles. The second-order valence-corrected chi connectivity index (χ2v) is 4.83. The summed E-state index contributed by atoms with van der Waals surface area (Å²) in [6, 6.07) is 10.5. The predicted molar refractivity (Wildman–Crippen MR) is 77.4 cm³/mol. The fourth-order valence-electron chi connectivity index (χ4n) is 2.38. The third kappa shape index (κ3) is 2.89. The van der Waals surface area contributed by atoms with Gasteiger partial charge in [-0.1, -0.05) is 61.6 Å². The molecule has 1 aromatic carbocycles. The number of nitrogens with zero attached hydrogens (tertiary/aromatic N) is 1. The molecule has 0 aromatic heterocycles. The number of hydrogen-bond donors (Lipinski definition) is 1. The number of aliphatic imine (C=N–C) groups is 1. The van der Waals surface area contributed by atoms with E-state index in [9.17, 15) is 0 Å². The maximum Gasteiger partial charge on any atom is 0.0913 e. The van der Waals surface area contributed by atoms with Gasteiger partial charge in [0.05, 0.1) is 11.9 Å². The van der Waals surface area contributed by atoms with E-state index in [2.05, 4.69) is 60.5 Å². The molecule has 1 aromatic rings. The van der Waals surface area contributed by atoms with Crippen molar-refractivity contribution in [1.29, 1.82) is 0 Å². The highest BCUT2D eigenvalue weighted by Gasteiger charge is 2.25. The van der Waals surface area contributed by atoms with Crippen LogP contribution < -0.4 is 5.73 Å². The number of rotatable bonds is 3. The van der Waals surface area contributed by atoms with Crippen molar-refractivity contribution in [3.05, 3.63) is 60.2 Å². The molecule has 1 aliphatic rings. The summed E-state index contributed by atoms with van der Waals surface area (Å²) in [6.45, 7) is 4.07. The van der Waals surface area contributed by atoms with E-state index in [0.29, 0.717) is 17.7 Å². The van der Waals surface area contributed by atoms with Gasteiger partial charge in [0.2, 0.25) is 0 Å². The Hall–Kier alpha value is -1.83. The summed E-state index contributed by atoms with van der Waals surface area (Å²) in [7, 11) is 0. The number of amidine groups is 1. The number of allylic oxidation sites excluding steroid dienone is 3. The number of benzene rings is 1. The second kappa shape index (κ2) is 5.67. The molecule has 0 amide bonds. The van der Waals surface area contributed by atoms with E-state index in [1.165, 1.54) is 5.56 Å². The van der Waals surface area contributed by atoms with Gasteiger partial charge in [-0.3, -0.25) is 4.99 Å². The molecular weight excluding hydrogens is 220 g/mol. The van der Waals surface area contributed by atoms with Crippen LogP contribution in [-0.2, 0) is 0 Å². The summed E-state index contributed by atoms with van der Waals surface area (Å²) in [5.74, 6) is 1.48. The van der Waals surface area contributed by atoms with E-state index >= 15 is 0 Å². The van der Waals surface area contributed by atoms with Crippen molar-refractivity contribution in [2.24, 2.45) is 22.6 Å². The van der Waals surface area contributed by atoms with Crippen molar-refractivity contribution in [1.82, 2.24) is 0 Å². The van der Waals surface area contributed by atoms with Crippen molar-refractivity contribution < 1.29 is 0 Å². The maximum absolute atomic E-state index is 5.79. The molecule has 0 radical (unpaired) electrons. The van der Waals surface area contributed by atoms with Gasteiger partial charge >= 0.3 is 0 Å². The first-order chi connectivity index (χ1) is 8.68. The van der Waals surface area contributed by atoms with Gasteiger partial charge in [0.15, 0.2) is 0 Å². The van der Waals surface area contributed by atoms with Crippen LogP contribution in [0.4, 0.5) is 0 Å². The van der Waals surface area contributed by atoms with Gasteiger partial charge in [-0.25, -0.2) is 0 Å². The topological polar surface area (TPSA) is 38.4 Å². The van der Waals surface area contributed by atoms with Crippen LogP contribution in [0.3, 0.4) is 0 Å². The summed E-state index contributed by atoms with van der Waals surface area (Å²) >= 11 is 0. The lowest BCUT2D eigenvalue weighted by atomic mass is 9.81. The minimum Gasteiger partial charge on any atom is -0.388 e. The molecule has 0 heterocycles. The Morgan fingerprint density at radius 2 is 1.83 bits per heavy atom. The predicted octanol–water partition coefficient (Wildman–Crippen LogP) is 3.48. The monoisotopic (exact) mass is 240 g/mol. The Balaban J connectivity index is 2.35. The summed E-state index contributed by atoms with van der Waals surface area (Å²) in [6.07, 6.45) is 8.65. The summed E-state index contributed by atoms with van der Waals surface area (Å²) < 4.78 is 0. The molecule has 0 saturated heterocycles. The third-order valence-corrected chi connectivity index (χ3v) is 3.31. The van der Waals surface area contributed by atoms with Crippen LogP contribution in [-0.4, -0.2) is 5.84 Å². The van der Waals surface area contributed by atoms with Crippen molar-refractivity contribution in [2.45, 2.75) is 19.9 Å². The zero-order chi connectivity index (χ0) is 13.0. The van der Waals surface area contributed by atoms with Gasteiger partial charge in [-0.05, 0) is 18.4 Å². The van der Waals surface area contributed by atoms with E-state index in [-0.39, 0.29) is 6.04 Å². The highest BCUT2D eigenvalue weighted by Crippen LogP contribution is 2.35. The van der Waals surface area contributed by atoms with Crippen LogP contribution in [0.1, 0.15) is 25.5 Å². The quantitative estimate of drug-likeness (QED) is 0.637. The molecule has 1 aliphatic carbocycles. The van der Waals surface area contributed by atoms with Crippen LogP contribution in [0.5, 0.6) is 0 Å². The number of hydrogen-bond acceptors (Lipinski definition) is 1. The normalized spacial score (nSPS) is 25.1. The van der Waals surface area contributed by atoms with Gasteiger partial charge in [0.1, 0.15) is 0 Å². The summed E-state index contributed by atoms with van der Waals surface area (Å²) in [5.41, 5.74) is 7.01. The van der Waals surface area contributed by atoms with Crippen molar-refractivity contribution in [3.8, 4) is 0 Å². The Labute approximate surface area is 109 Å². The van der Waals surface area contributed by atoms with E-state index in [4.69, 9.17) is 5.73 Å². The summed E-state index contributed by atoms with van der Waals surface area (Å²) in [5, 5.41) is 0. The van der Waals surface area contributed by atoms with Gasteiger partial charge in [-0.2, -0.15) is 0 Å². The van der Waals surface area contributed by atoms with E-state index < -0.39 is 0 Å².